The van der Waals surface area contributed by atoms with Gasteiger partial charge in [-0.1, -0.05) is 0 Å². The third-order valence-electron chi connectivity index (χ3n) is 5.36. The molecule has 1 aliphatic heterocycles. The summed E-state index contributed by atoms with van der Waals surface area (Å²) in [6.07, 6.45) is 2.05. The summed E-state index contributed by atoms with van der Waals surface area (Å²) in [6.45, 7) is 1.28. The average molecular weight is 401 g/mol. The maximum atomic E-state index is 12.8. The van der Waals surface area contributed by atoms with Crippen LogP contribution in [-0.4, -0.2) is 47.4 Å². The first-order chi connectivity index (χ1) is 14.1. The molecule has 29 heavy (non-hydrogen) atoms. The largest absolute Gasteiger partial charge is 0.497 e. The molecule has 3 rings (SSSR count). The van der Waals surface area contributed by atoms with E-state index < -0.39 is 0 Å². The van der Waals surface area contributed by atoms with Gasteiger partial charge in [-0.3, -0.25) is 4.79 Å². The topological polar surface area (TPSA) is 70.5 Å². The second-order valence-corrected chi connectivity index (χ2v) is 7.00. The molecule has 0 saturated carbocycles. The number of quaternary nitrogens is 1. The highest BCUT2D eigenvalue weighted by Gasteiger charge is 2.34. The van der Waals surface area contributed by atoms with E-state index >= 15 is 0 Å². The molecule has 0 aliphatic carbocycles. The van der Waals surface area contributed by atoms with Crippen LogP contribution in [0.15, 0.2) is 36.4 Å². The summed E-state index contributed by atoms with van der Waals surface area (Å²) >= 11 is 0. The molecular formula is C22H29N2O5+. The average Bonchev–Trinajstić information content (AvgIpc) is 3.20. The van der Waals surface area contributed by atoms with Crippen LogP contribution in [-0.2, 0) is 4.79 Å². The SMILES string of the molecule is COc1ccc(OC)c(NC(=O)C[NH+]2CCC[C@@H]2c2cc(OC)ccc2OC)c1. The smallest absolute Gasteiger partial charge is 0.279 e. The molecule has 1 aliphatic rings. The quantitative estimate of drug-likeness (QED) is 0.709. The van der Waals surface area contributed by atoms with Crippen molar-refractivity contribution >= 4 is 11.6 Å². The number of ether oxygens (including phenoxy) is 4. The van der Waals surface area contributed by atoms with Crippen molar-refractivity contribution in [1.29, 1.82) is 0 Å². The summed E-state index contributed by atoms with van der Waals surface area (Å²) in [7, 11) is 6.49. The number of likely N-dealkylation sites (tertiary alicyclic amines) is 1. The first-order valence-electron chi connectivity index (χ1n) is 9.68. The van der Waals surface area contributed by atoms with Crippen LogP contribution >= 0.6 is 0 Å². The number of rotatable bonds is 8. The Morgan fingerprint density at radius 1 is 0.966 bits per heavy atom. The first-order valence-corrected chi connectivity index (χ1v) is 9.68. The predicted molar refractivity (Wildman–Crippen MR) is 110 cm³/mol. The van der Waals surface area contributed by atoms with Crippen LogP contribution in [0.25, 0.3) is 0 Å². The van der Waals surface area contributed by atoms with Gasteiger partial charge in [-0.2, -0.15) is 0 Å². The predicted octanol–water partition coefficient (Wildman–Crippen LogP) is 2.08. The van der Waals surface area contributed by atoms with Gasteiger partial charge >= 0.3 is 0 Å². The summed E-state index contributed by atoms with van der Waals surface area (Å²) in [6, 6.07) is 11.3. The fourth-order valence-corrected chi connectivity index (χ4v) is 3.92. The van der Waals surface area contributed by atoms with Crippen LogP contribution < -0.4 is 29.2 Å². The number of benzene rings is 2. The molecule has 0 bridgehead atoms. The van der Waals surface area contributed by atoms with Crippen LogP contribution in [0.4, 0.5) is 5.69 Å². The van der Waals surface area contributed by atoms with E-state index in [-0.39, 0.29) is 11.9 Å². The third-order valence-corrected chi connectivity index (χ3v) is 5.36. The number of carbonyl (C=O) groups is 1. The van der Waals surface area contributed by atoms with Gasteiger partial charge in [-0.15, -0.1) is 0 Å². The third kappa shape index (κ3) is 4.74. The minimum absolute atomic E-state index is 0.0692. The van der Waals surface area contributed by atoms with Gasteiger partial charge in [-0.05, 0) is 30.3 Å². The zero-order valence-corrected chi connectivity index (χ0v) is 17.4. The van der Waals surface area contributed by atoms with Crippen LogP contribution in [0.5, 0.6) is 23.0 Å². The molecule has 156 valence electrons. The summed E-state index contributed by atoms with van der Waals surface area (Å²) in [5, 5.41) is 2.97. The Morgan fingerprint density at radius 3 is 2.28 bits per heavy atom. The highest BCUT2D eigenvalue weighted by Crippen LogP contribution is 2.32. The van der Waals surface area contributed by atoms with Crippen molar-refractivity contribution in [2.24, 2.45) is 0 Å². The molecule has 2 aromatic carbocycles. The molecule has 1 unspecified atom stereocenters. The number of hydrogen-bond acceptors (Lipinski definition) is 5. The molecular weight excluding hydrogens is 372 g/mol. The van der Waals surface area contributed by atoms with Crippen molar-refractivity contribution < 1.29 is 28.6 Å². The Balaban J connectivity index is 1.76. The van der Waals surface area contributed by atoms with Gasteiger partial charge in [-0.25, -0.2) is 0 Å². The Kier molecular flexibility index (Phi) is 6.82. The molecule has 0 spiro atoms. The van der Waals surface area contributed by atoms with E-state index in [1.165, 1.54) is 4.90 Å². The van der Waals surface area contributed by atoms with E-state index in [4.69, 9.17) is 18.9 Å². The van der Waals surface area contributed by atoms with Gasteiger partial charge in [0.1, 0.15) is 29.0 Å². The normalized spacial score (nSPS) is 18.2. The molecule has 0 aromatic heterocycles. The lowest BCUT2D eigenvalue weighted by Crippen LogP contribution is -3.11. The molecule has 1 saturated heterocycles. The number of anilines is 1. The Labute approximate surface area is 171 Å². The molecule has 1 heterocycles. The van der Waals surface area contributed by atoms with Crippen LogP contribution in [0.3, 0.4) is 0 Å². The van der Waals surface area contributed by atoms with Crippen molar-refractivity contribution in [3.8, 4) is 23.0 Å². The van der Waals surface area contributed by atoms with Gasteiger partial charge in [0.2, 0.25) is 0 Å². The summed E-state index contributed by atoms with van der Waals surface area (Å²) in [4.78, 5) is 14.0. The van der Waals surface area contributed by atoms with Crippen molar-refractivity contribution in [3.05, 3.63) is 42.0 Å². The monoisotopic (exact) mass is 401 g/mol. The lowest BCUT2D eigenvalue weighted by Gasteiger charge is -2.23. The van der Waals surface area contributed by atoms with Gasteiger partial charge in [0, 0.05) is 18.9 Å². The molecule has 2 atom stereocenters. The second kappa shape index (κ2) is 9.52. The van der Waals surface area contributed by atoms with E-state index in [1.807, 2.05) is 18.2 Å². The van der Waals surface area contributed by atoms with E-state index in [0.29, 0.717) is 23.7 Å². The lowest BCUT2D eigenvalue weighted by atomic mass is 10.0. The van der Waals surface area contributed by atoms with Crippen molar-refractivity contribution in [2.75, 3.05) is 46.8 Å². The Bertz CT molecular complexity index is 855. The van der Waals surface area contributed by atoms with Gasteiger partial charge in [0.25, 0.3) is 5.91 Å². The number of methoxy groups -OCH3 is 4. The van der Waals surface area contributed by atoms with E-state index in [1.54, 1.807) is 46.6 Å². The first kappa shape index (κ1) is 20.8. The fraction of sp³-hybridized carbons (Fsp3) is 0.409. The van der Waals surface area contributed by atoms with Crippen molar-refractivity contribution in [3.63, 3.8) is 0 Å². The zero-order valence-electron chi connectivity index (χ0n) is 17.4. The fourth-order valence-electron chi connectivity index (χ4n) is 3.92. The standard InChI is InChI=1S/C22H28N2O5/c1-26-15-7-9-20(28-3)17(12-15)19-6-5-11-24(19)14-22(25)23-18-13-16(27-2)8-10-21(18)29-4/h7-10,12-13,19H,5-6,11,14H2,1-4H3,(H,23,25)/p+1/t19-/m1/s1. The summed E-state index contributed by atoms with van der Waals surface area (Å²) in [5.74, 6) is 2.80. The Hall–Kier alpha value is -2.93. The van der Waals surface area contributed by atoms with E-state index in [9.17, 15) is 4.79 Å². The van der Waals surface area contributed by atoms with Crippen molar-refractivity contribution in [2.45, 2.75) is 18.9 Å². The number of amides is 1. The Morgan fingerprint density at radius 2 is 1.62 bits per heavy atom. The van der Waals surface area contributed by atoms with Gasteiger partial charge in [0.15, 0.2) is 6.54 Å². The van der Waals surface area contributed by atoms with Crippen LogP contribution in [0.1, 0.15) is 24.4 Å². The van der Waals surface area contributed by atoms with E-state index in [2.05, 4.69) is 5.32 Å². The maximum absolute atomic E-state index is 12.8. The summed E-state index contributed by atoms with van der Waals surface area (Å²) < 4.78 is 21.6. The number of nitrogens with one attached hydrogen (secondary N) is 2. The molecule has 7 nitrogen and oxygen atoms in total. The van der Waals surface area contributed by atoms with Crippen LogP contribution in [0, 0.1) is 0 Å². The maximum Gasteiger partial charge on any atom is 0.279 e. The minimum atomic E-state index is -0.0692. The summed E-state index contributed by atoms with van der Waals surface area (Å²) in [5.41, 5.74) is 1.68. The molecule has 1 fully saturated rings. The molecule has 0 radical (unpaired) electrons. The second-order valence-electron chi connectivity index (χ2n) is 7.00. The van der Waals surface area contributed by atoms with Crippen LogP contribution in [0.2, 0.25) is 0 Å². The minimum Gasteiger partial charge on any atom is -0.497 e. The number of carbonyl (C=O) groups excluding carboxylic acids is 1. The van der Waals surface area contributed by atoms with E-state index in [0.717, 1.165) is 36.4 Å². The molecule has 7 heteroatoms. The molecule has 1 amide bonds. The molecule has 2 N–H and O–H groups in total. The van der Waals surface area contributed by atoms with Crippen molar-refractivity contribution in [1.82, 2.24) is 0 Å². The lowest BCUT2D eigenvalue weighted by molar-refractivity contribution is -0.910. The van der Waals surface area contributed by atoms with Gasteiger partial charge in [0.05, 0.1) is 46.2 Å². The van der Waals surface area contributed by atoms with Gasteiger partial charge < -0.3 is 29.2 Å². The zero-order chi connectivity index (χ0) is 20.8. The number of hydrogen-bond donors (Lipinski definition) is 2. The molecule has 2 aromatic rings. The highest BCUT2D eigenvalue weighted by molar-refractivity contribution is 5.93. The highest BCUT2D eigenvalue weighted by atomic mass is 16.5.